The van der Waals surface area contributed by atoms with Crippen LogP contribution in [0.4, 0.5) is 5.69 Å². The highest BCUT2D eigenvalue weighted by Gasteiger charge is 2.32. The van der Waals surface area contributed by atoms with E-state index in [1.54, 1.807) is 47.4 Å². The predicted octanol–water partition coefficient (Wildman–Crippen LogP) is 6.08. The number of ether oxygens (including phenoxy) is 2. The van der Waals surface area contributed by atoms with Crippen molar-refractivity contribution in [3.63, 3.8) is 0 Å². The lowest BCUT2D eigenvalue weighted by atomic mass is 10.1. The number of carbonyl (C=O) groups is 2. The van der Waals surface area contributed by atoms with Crippen LogP contribution in [0.15, 0.2) is 71.6 Å². The van der Waals surface area contributed by atoms with Crippen LogP contribution >= 0.6 is 35.6 Å². The molecule has 0 aromatic heterocycles. The second kappa shape index (κ2) is 11.6. The highest BCUT2D eigenvalue weighted by molar-refractivity contribution is 8.26. The summed E-state index contributed by atoms with van der Waals surface area (Å²) in [5, 5.41) is 3.37. The van der Waals surface area contributed by atoms with Crippen LogP contribution in [0.5, 0.6) is 11.5 Å². The molecule has 3 aromatic carbocycles. The number of rotatable bonds is 8. The van der Waals surface area contributed by atoms with Crippen LogP contribution in [0.3, 0.4) is 0 Å². The lowest BCUT2D eigenvalue weighted by molar-refractivity contribution is -0.122. The number of hydrogen-bond donors (Lipinski definition) is 1. The van der Waals surface area contributed by atoms with Gasteiger partial charge >= 0.3 is 0 Å². The molecule has 0 bridgehead atoms. The van der Waals surface area contributed by atoms with Crippen molar-refractivity contribution in [2.45, 2.75) is 13.5 Å². The molecule has 1 N–H and O–H groups in total. The number of nitrogens with one attached hydrogen (secondary N) is 1. The van der Waals surface area contributed by atoms with Gasteiger partial charge in [0.25, 0.3) is 11.8 Å². The molecule has 1 fully saturated rings. The minimum Gasteiger partial charge on any atom is -0.493 e. The number of amides is 2. The van der Waals surface area contributed by atoms with Gasteiger partial charge in [-0.25, -0.2) is 0 Å². The van der Waals surface area contributed by atoms with Gasteiger partial charge in [0.1, 0.15) is 4.32 Å². The van der Waals surface area contributed by atoms with Crippen molar-refractivity contribution >= 4 is 63.5 Å². The molecule has 9 heteroatoms. The standard InChI is InChI=1S/C27H23ClN2O4S2/c1-17-20(28)9-6-10-21(17)29-25(31)16-34-22-12-11-19(13-23(22)33-2)14-24-26(32)30(27(35)36-24)15-18-7-4-3-5-8-18/h3-14H,15-16H2,1-2H3,(H,29,31)/b24-14-. The Labute approximate surface area is 224 Å². The molecule has 2 amide bonds. The summed E-state index contributed by atoms with van der Waals surface area (Å²) in [5.41, 5.74) is 3.16. The van der Waals surface area contributed by atoms with E-state index < -0.39 is 0 Å². The molecule has 0 atom stereocenters. The molecule has 0 radical (unpaired) electrons. The molecule has 1 heterocycles. The quantitative estimate of drug-likeness (QED) is 0.277. The minimum absolute atomic E-state index is 0.138. The molecule has 3 aromatic rings. The third-order valence-electron chi connectivity index (χ3n) is 5.44. The lowest BCUT2D eigenvalue weighted by Crippen LogP contribution is -2.27. The topological polar surface area (TPSA) is 67.9 Å². The van der Waals surface area contributed by atoms with Gasteiger partial charge in [0, 0.05) is 10.7 Å². The van der Waals surface area contributed by atoms with E-state index in [9.17, 15) is 9.59 Å². The lowest BCUT2D eigenvalue weighted by Gasteiger charge is -2.14. The Hall–Kier alpha value is -3.33. The average Bonchev–Trinajstić information content (AvgIpc) is 3.13. The summed E-state index contributed by atoms with van der Waals surface area (Å²) >= 11 is 12.8. The maximum Gasteiger partial charge on any atom is 0.266 e. The Balaban J connectivity index is 1.42. The molecule has 1 aliphatic heterocycles. The summed E-state index contributed by atoms with van der Waals surface area (Å²) in [6.45, 7) is 2.05. The Kier molecular flexibility index (Phi) is 8.30. The van der Waals surface area contributed by atoms with Crippen molar-refractivity contribution in [1.82, 2.24) is 4.90 Å². The number of thioether (sulfide) groups is 1. The zero-order chi connectivity index (χ0) is 25.7. The first-order valence-corrected chi connectivity index (χ1v) is 12.6. The van der Waals surface area contributed by atoms with Gasteiger partial charge in [-0.15, -0.1) is 0 Å². The summed E-state index contributed by atoms with van der Waals surface area (Å²) in [7, 11) is 1.51. The van der Waals surface area contributed by atoms with Crippen LogP contribution in [-0.2, 0) is 16.1 Å². The fourth-order valence-corrected chi connectivity index (χ4v) is 4.95. The van der Waals surface area contributed by atoms with Gasteiger partial charge in [-0.05, 0) is 54.0 Å². The smallest absolute Gasteiger partial charge is 0.266 e. The number of halogens is 1. The van der Waals surface area contributed by atoms with Crippen LogP contribution in [0.2, 0.25) is 5.02 Å². The van der Waals surface area contributed by atoms with E-state index in [2.05, 4.69) is 5.32 Å². The highest BCUT2D eigenvalue weighted by atomic mass is 35.5. The van der Waals surface area contributed by atoms with Crippen molar-refractivity contribution < 1.29 is 19.1 Å². The molecule has 6 nitrogen and oxygen atoms in total. The van der Waals surface area contributed by atoms with E-state index in [1.165, 1.54) is 18.9 Å². The largest absolute Gasteiger partial charge is 0.493 e. The average molecular weight is 539 g/mol. The maximum atomic E-state index is 13.0. The van der Waals surface area contributed by atoms with Crippen molar-refractivity contribution in [2.75, 3.05) is 19.0 Å². The van der Waals surface area contributed by atoms with Gasteiger partial charge in [0.2, 0.25) is 0 Å². The molecule has 0 spiro atoms. The second-order valence-electron chi connectivity index (χ2n) is 7.91. The van der Waals surface area contributed by atoms with Gasteiger partial charge in [-0.3, -0.25) is 14.5 Å². The number of thiocarbonyl (C=S) groups is 1. The molecule has 36 heavy (non-hydrogen) atoms. The Morgan fingerprint density at radius 2 is 1.89 bits per heavy atom. The third kappa shape index (κ3) is 6.07. The molecular weight excluding hydrogens is 516 g/mol. The minimum atomic E-state index is -0.325. The zero-order valence-corrected chi connectivity index (χ0v) is 22.0. The molecule has 0 saturated carbocycles. The maximum absolute atomic E-state index is 13.0. The number of anilines is 1. The molecule has 0 aliphatic carbocycles. The Bertz CT molecular complexity index is 1340. The van der Waals surface area contributed by atoms with Crippen molar-refractivity contribution in [3.8, 4) is 11.5 Å². The van der Waals surface area contributed by atoms with Crippen LogP contribution < -0.4 is 14.8 Å². The van der Waals surface area contributed by atoms with Crippen molar-refractivity contribution in [3.05, 3.63) is 93.3 Å². The molecule has 1 aliphatic rings. The number of carbonyl (C=O) groups excluding carboxylic acids is 2. The van der Waals surface area contributed by atoms with Gasteiger partial charge in [-0.1, -0.05) is 78.0 Å². The first-order valence-electron chi connectivity index (χ1n) is 11.0. The first kappa shape index (κ1) is 25.8. The number of hydrogen-bond acceptors (Lipinski definition) is 6. The summed E-state index contributed by atoms with van der Waals surface area (Å²) < 4.78 is 11.7. The van der Waals surface area contributed by atoms with E-state index >= 15 is 0 Å². The van der Waals surface area contributed by atoms with E-state index in [-0.39, 0.29) is 18.4 Å². The van der Waals surface area contributed by atoms with E-state index in [0.717, 1.165) is 16.7 Å². The molecule has 0 unspecified atom stereocenters. The van der Waals surface area contributed by atoms with E-state index in [0.29, 0.717) is 38.0 Å². The third-order valence-corrected chi connectivity index (χ3v) is 7.23. The second-order valence-corrected chi connectivity index (χ2v) is 10.00. The van der Waals surface area contributed by atoms with Crippen LogP contribution in [-0.4, -0.2) is 34.8 Å². The SMILES string of the molecule is COc1cc(/C=C2\SC(=S)N(Cc3ccccc3)C2=O)ccc1OCC(=O)Nc1cccc(Cl)c1C. The van der Waals surface area contributed by atoms with E-state index in [1.807, 2.05) is 37.3 Å². The Morgan fingerprint density at radius 1 is 1.11 bits per heavy atom. The predicted molar refractivity (Wildman–Crippen MR) is 148 cm³/mol. The van der Waals surface area contributed by atoms with Crippen LogP contribution in [0.1, 0.15) is 16.7 Å². The molecular formula is C27H23ClN2O4S2. The monoisotopic (exact) mass is 538 g/mol. The fraction of sp³-hybridized carbons (Fsp3) is 0.148. The molecule has 1 saturated heterocycles. The number of benzene rings is 3. The fourth-order valence-electron chi connectivity index (χ4n) is 3.52. The van der Waals surface area contributed by atoms with Crippen molar-refractivity contribution in [1.29, 1.82) is 0 Å². The summed E-state index contributed by atoms with van der Waals surface area (Å²) in [6, 6.07) is 20.3. The summed E-state index contributed by atoms with van der Waals surface area (Å²) in [6.07, 6.45) is 1.77. The van der Waals surface area contributed by atoms with Crippen LogP contribution in [0, 0.1) is 6.92 Å². The van der Waals surface area contributed by atoms with Crippen LogP contribution in [0.25, 0.3) is 6.08 Å². The molecule has 4 rings (SSSR count). The van der Waals surface area contributed by atoms with Gasteiger partial charge < -0.3 is 14.8 Å². The highest BCUT2D eigenvalue weighted by Crippen LogP contribution is 2.35. The zero-order valence-electron chi connectivity index (χ0n) is 19.6. The molecule has 184 valence electrons. The van der Waals surface area contributed by atoms with Crippen molar-refractivity contribution in [2.24, 2.45) is 0 Å². The van der Waals surface area contributed by atoms with Gasteiger partial charge in [-0.2, -0.15) is 0 Å². The number of nitrogens with zero attached hydrogens (tertiary/aromatic N) is 1. The first-order chi connectivity index (χ1) is 17.4. The van der Waals surface area contributed by atoms with E-state index in [4.69, 9.17) is 33.3 Å². The van der Waals surface area contributed by atoms with Gasteiger partial charge in [0.05, 0.1) is 18.6 Å². The van der Waals surface area contributed by atoms with Gasteiger partial charge in [0.15, 0.2) is 18.1 Å². The number of methoxy groups -OCH3 is 1. The summed E-state index contributed by atoms with van der Waals surface area (Å²) in [4.78, 5) is 27.5. The normalized spacial score (nSPS) is 14.3. The Morgan fingerprint density at radius 3 is 2.64 bits per heavy atom. The summed E-state index contributed by atoms with van der Waals surface area (Å²) in [5.74, 6) is 0.384.